The van der Waals surface area contributed by atoms with Crippen LogP contribution >= 0.6 is 0 Å². The fraction of sp³-hybridized carbons (Fsp3) is 0.571. The number of aryl methyl sites for hydroxylation is 1. The van der Waals surface area contributed by atoms with Gasteiger partial charge in [0.1, 0.15) is 5.69 Å². The lowest BCUT2D eigenvalue weighted by molar-refractivity contribution is -0.120. The first-order valence-electron chi connectivity index (χ1n) is 6.85. The van der Waals surface area contributed by atoms with Crippen LogP contribution in [0.4, 0.5) is 0 Å². The Morgan fingerprint density at radius 2 is 2.11 bits per heavy atom. The molecule has 2 rings (SSSR count). The lowest BCUT2D eigenvalue weighted by Crippen LogP contribution is -2.32. The molecule has 5 nitrogen and oxygen atoms in total. The molecule has 0 aromatic carbocycles. The van der Waals surface area contributed by atoms with Crippen molar-refractivity contribution in [3.63, 3.8) is 0 Å². The van der Waals surface area contributed by atoms with Crippen LogP contribution in [0.15, 0.2) is 6.20 Å². The van der Waals surface area contributed by atoms with Gasteiger partial charge in [0.2, 0.25) is 5.91 Å². The van der Waals surface area contributed by atoms with Crippen molar-refractivity contribution in [2.24, 2.45) is 7.05 Å². The minimum atomic E-state index is -0.0809. The second kappa shape index (κ2) is 5.91. The molecule has 0 saturated heterocycles. The second-order valence-electron chi connectivity index (χ2n) is 4.98. The van der Waals surface area contributed by atoms with Crippen LogP contribution in [0.25, 0.3) is 0 Å². The highest BCUT2D eigenvalue weighted by atomic mass is 16.2. The summed E-state index contributed by atoms with van der Waals surface area (Å²) >= 11 is 0. The van der Waals surface area contributed by atoms with Crippen LogP contribution in [0.3, 0.4) is 0 Å². The Morgan fingerprint density at radius 3 is 2.74 bits per heavy atom. The first kappa shape index (κ1) is 13.6. The van der Waals surface area contributed by atoms with E-state index in [1.165, 1.54) is 5.56 Å². The quantitative estimate of drug-likeness (QED) is 0.731. The summed E-state index contributed by atoms with van der Waals surface area (Å²) in [7, 11) is 1.87. The van der Waals surface area contributed by atoms with Crippen molar-refractivity contribution in [1.82, 2.24) is 15.2 Å². The molecule has 1 aliphatic carbocycles. The molecule has 0 spiro atoms. The highest BCUT2D eigenvalue weighted by Crippen LogP contribution is 2.32. The Balaban J connectivity index is 1.69. The Morgan fingerprint density at radius 1 is 1.32 bits per heavy atom. The Hall–Kier alpha value is -1.78. The van der Waals surface area contributed by atoms with E-state index in [0.29, 0.717) is 19.5 Å². The van der Waals surface area contributed by atoms with Crippen LogP contribution in [0.2, 0.25) is 0 Å². The van der Waals surface area contributed by atoms with Crippen molar-refractivity contribution < 1.29 is 9.59 Å². The minimum Gasteiger partial charge on any atom is -0.356 e. The summed E-state index contributed by atoms with van der Waals surface area (Å²) in [5.41, 5.74) is 3.14. The summed E-state index contributed by atoms with van der Waals surface area (Å²) in [5.74, 6) is -0.0842. The number of nitrogens with zero attached hydrogens (tertiary/aromatic N) is 1. The molecular weight excluding hydrogens is 242 g/mol. The zero-order valence-corrected chi connectivity index (χ0v) is 11.6. The molecule has 0 bridgehead atoms. The van der Waals surface area contributed by atoms with E-state index >= 15 is 0 Å². The number of carbonyl (C=O) groups is 2. The van der Waals surface area contributed by atoms with Gasteiger partial charge in [-0.3, -0.25) is 9.59 Å². The number of aromatic nitrogens is 1. The molecule has 1 aliphatic rings. The molecule has 19 heavy (non-hydrogen) atoms. The molecule has 0 saturated carbocycles. The SMILES string of the molecule is CCCCNC(=O)CCNC(=O)c1c2c(cn1C)C2. The van der Waals surface area contributed by atoms with Crippen molar-refractivity contribution in [3.05, 3.63) is 23.0 Å². The average Bonchev–Trinajstić information content (AvgIpc) is 3.01. The van der Waals surface area contributed by atoms with Gasteiger partial charge in [-0.2, -0.15) is 0 Å². The predicted molar refractivity (Wildman–Crippen MR) is 73.1 cm³/mol. The van der Waals surface area contributed by atoms with E-state index in [-0.39, 0.29) is 11.8 Å². The smallest absolute Gasteiger partial charge is 0.268 e. The Bertz CT molecular complexity index is 487. The molecule has 1 heterocycles. The maximum Gasteiger partial charge on any atom is 0.268 e. The van der Waals surface area contributed by atoms with Crippen molar-refractivity contribution >= 4 is 11.8 Å². The van der Waals surface area contributed by atoms with Gasteiger partial charge in [0.05, 0.1) is 0 Å². The molecule has 0 fully saturated rings. The molecule has 0 unspecified atom stereocenters. The van der Waals surface area contributed by atoms with Crippen molar-refractivity contribution in [3.8, 4) is 0 Å². The molecule has 0 radical (unpaired) electrons. The largest absolute Gasteiger partial charge is 0.356 e. The molecule has 0 aliphatic heterocycles. The van der Waals surface area contributed by atoms with E-state index in [9.17, 15) is 9.59 Å². The number of hydrogen-bond acceptors (Lipinski definition) is 2. The molecule has 104 valence electrons. The number of rotatable bonds is 7. The summed E-state index contributed by atoms with van der Waals surface area (Å²) in [6.07, 6.45) is 5.32. The Labute approximate surface area is 113 Å². The van der Waals surface area contributed by atoms with E-state index in [2.05, 4.69) is 17.6 Å². The number of nitrogens with one attached hydrogen (secondary N) is 2. The summed E-state index contributed by atoms with van der Waals surface area (Å²) in [5, 5.41) is 5.63. The molecule has 5 heteroatoms. The predicted octanol–water partition coefficient (Wildman–Crippen LogP) is 0.966. The third kappa shape index (κ3) is 3.36. The van der Waals surface area contributed by atoms with Crippen molar-refractivity contribution in [2.45, 2.75) is 32.6 Å². The highest BCUT2D eigenvalue weighted by molar-refractivity contribution is 5.96. The number of fused-ring (bicyclic) bond motifs is 1. The van der Waals surface area contributed by atoms with E-state index in [1.54, 1.807) is 0 Å². The molecule has 2 amide bonds. The summed E-state index contributed by atoms with van der Waals surface area (Å²) in [6.45, 7) is 3.19. The lowest BCUT2D eigenvalue weighted by atomic mass is 10.3. The standard InChI is InChI=1S/C14H21N3O2/c1-3-4-6-15-12(18)5-7-16-14(19)13-11-8-10(11)9-17(13)2/h9H,3-8H2,1-2H3,(H,15,18)(H,16,19). The van der Waals surface area contributed by atoms with E-state index < -0.39 is 0 Å². The van der Waals surface area contributed by atoms with Gasteiger partial charge in [0, 0.05) is 39.2 Å². The van der Waals surface area contributed by atoms with Gasteiger partial charge in [-0.25, -0.2) is 0 Å². The van der Waals surface area contributed by atoms with Crippen LogP contribution in [-0.2, 0) is 18.3 Å². The molecule has 1 aromatic rings. The molecule has 1 aromatic heterocycles. The van der Waals surface area contributed by atoms with Crippen LogP contribution in [-0.4, -0.2) is 29.5 Å². The zero-order valence-electron chi connectivity index (χ0n) is 11.6. The monoisotopic (exact) mass is 263 g/mol. The van der Waals surface area contributed by atoms with Crippen LogP contribution < -0.4 is 10.6 Å². The van der Waals surface area contributed by atoms with Crippen LogP contribution in [0, 0.1) is 0 Å². The van der Waals surface area contributed by atoms with Crippen LogP contribution in [0.5, 0.6) is 0 Å². The maximum absolute atomic E-state index is 12.0. The number of unbranched alkanes of at least 4 members (excludes halogenated alkanes) is 1. The van der Waals surface area contributed by atoms with Gasteiger partial charge < -0.3 is 15.2 Å². The Kier molecular flexibility index (Phi) is 4.24. The highest BCUT2D eigenvalue weighted by Gasteiger charge is 2.29. The van der Waals surface area contributed by atoms with E-state index in [0.717, 1.165) is 30.5 Å². The van der Waals surface area contributed by atoms with E-state index in [4.69, 9.17) is 0 Å². The fourth-order valence-electron chi connectivity index (χ4n) is 2.18. The second-order valence-corrected chi connectivity index (χ2v) is 4.98. The van der Waals surface area contributed by atoms with E-state index in [1.807, 2.05) is 17.8 Å². The normalized spacial score (nSPS) is 11.9. The lowest BCUT2D eigenvalue weighted by Gasteiger charge is -2.07. The number of carbonyl (C=O) groups excluding carboxylic acids is 2. The van der Waals surface area contributed by atoms with Crippen molar-refractivity contribution in [2.75, 3.05) is 13.1 Å². The third-order valence-corrected chi connectivity index (χ3v) is 3.32. The van der Waals surface area contributed by atoms with Gasteiger partial charge in [0.25, 0.3) is 5.91 Å². The van der Waals surface area contributed by atoms with Crippen molar-refractivity contribution in [1.29, 1.82) is 0 Å². The minimum absolute atomic E-state index is 0.00332. The van der Waals surface area contributed by atoms with Gasteiger partial charge >= 0.3 is 0 Å². The van der Waals surface area contributed by atoms with Gasteiger partial charge in [0.15, 0.2) is 0 Å². The first-order chi connectivity index (χ1) is 9.13. The van der Waals surface area contributed by atoms with Crippen LogP contribution in [0.1, 0.15) is 47.8 Å². The zero-order chi connectivity index (χ0) is 13.8. The first-order valence-corrected chi connectivity index (χ1v) is 6.85. The van der Waals surface area contributed by atoms with Gasteiger partial charge in [-0.05, 0) is 17.5 Å². The summed E-state index contributed by atoms with van der Waals surface area (Å²) < 4.78 is 1.85. The summed E-state index contributed by atoms with van der Waals surface area (Å²) in [4.78, 5) is 23.4. The van der Waals surface area contributed by atoms with Gasteiger partial charge in [-0.15, -0.1) is 0 Å². The molecule has 2 N–H and O–H groups in total. The molecule has 0 atom stereocenters. The maximum atomic E-state index is 12.0. The number of hydrogen-bond donors (Lipinski definition) is 2. The summed E-state index contributed by atoms with van der Waals surface area (Å²) in [6, 6.07) is 0. The third-order valence-electron chi connectivity index (χ3n) is 3.32. The topological polar surface area (TPSA) is 63.1 Å². The average molecular weight is 263 g/mol. The molecular formula is C14H21N3O2. The number of amides is 2. The van der Waals surface area contributed by atoms with Gasteiger partial charge in [-0.1, -0.05) is 13.3 Å². The fourth-order valence-corrected chi connectivity index (χ4v) is 2.18.